The molecule has 0 bridgehead atoms. The van der Waals surface area contributed by atoms with Gasteiger partial charge in [0.05, 0.1) is 6.61 Å². The van der Waals surface area contributed by atoms with Crippen LogP contribution in [0.5, 0.6) is 0 Å². The smallest absolute Gasteiger partial charge is 0.306 e. The van der Waals surface area contributed by atoms with Crippen molar-refractivity contribution >= 4 is 11.9 Å². The van der Waals surface area contributed by atoms with Crippen molar-refractivity contribution in [2.45, 2.75) is 277 Å². The predicted molar refractivity (Wildman–Crippen MR) is 334 cm³/mol. The molecule has 0 heterocycles. The van der Waals surface area contributed by atoms with E-state index in [0.29, 0.717) is 12.8 Å². The lowest BCUT2D eigenvalue weighted by Gasteiger charge is -2.15. The van der Waals surface area contributed by atoms with E-state index in [-0.39, 0.29) is 25.2 Å². The van der Waals surface area contributed by atoms with Gasteiger partial charge in [0.2, 0.25) is 0 Å². The Morgan fingerprint density at radius 3 is 0.789 bits per heavy atom. The van der Waals surface area contributed by atoms with E-state index < -0.39 is 6.10 Å². The highest BCUT2D eigenvalue weighted by Crippen LogP contribution is 2.16. The number of unbranched alkanes of at least 4 members (excludes halogenated alkanes) is 24. The van der Waals surface area contributed by atoms with E-state index in [0.717, 1.165) is 122 Å². The number of aliphatic hydroxyl groups excluding tert-OH is 1. The molecule has 0 radical (unpaired) electrons. The maximum atomic E-state index is 12.3. The van der Waals surface area contributed by atoms with Gasteiger partial charge in [0.1, 0.15) is 6.61 Å². The van der Waals surface area contributed by atoms with Crippen molar-refractivity contribution in [3.8, 4) is 0 Å². The Kier molecular flexibility index (Phi) is 61.5. The lowest BCUT2D eigenvalue weighted by molar-refractivity contribution is -0.161. The van der Waals surface area contributed by atoms with Crippen LogP contribution in [0.15, 0.2) is 146 Å². The van der Waals surface area contributed by atoms with Crippen LogP contribution in [-0.4, -0.2) is 36.4 Å². The first-order valence-corrected chi connectivity index (χ1v) is 31.4. The number of hydrogen-bond acceptors (Lipinski definition) is 5. The van der Waals surface area contributed by atoms with Crippen LogP contribution in [-0.2, 0) is 19.1 Å². The summed E-state index contributed by atoms with van der Waals surface area (Å²) >= 11 is 0. The first-order valence-electron chi connectivity index (χ1n) is 31.4. The zero-order valence-corrected chi connectivity index (χ0v) is 49.2. The van der Waals surface area contributed by atoms with Crippen molar-refractivity contribution in [2.24, 2.45) is 0 Å². The minimum Gasteiger partial charge on any atom is -0.462 e. The van der Waals surface area contributed by atoms with Crippen molar-refractivity contribution in [1.29, 1.82) is 0 Å². The Balaban J connectivity index is 3.53. The van der Waals surface area contributed by atoms with Gasteiger partial charge in [-0.15, -0.1) is 0 Å². The molecule has 0 fully saturated rings. The van der Waals surface area contributed by atoms with Crippen LogP contribution in [0, 0.1) is 0 Å². The maximum Gasteiger partial charge on any atom is 0.306 e. The van der Waals surface area contributed by atoms with Crippen molar-refractivity contribution in [3.63, 3.8) is 0 Å². The van der Waals surface area contributed by atoms with E-state index in [1.54, 1.807) is 0 Å². The number of ether oxygens (including phenoxy) is 2. The molecular formula is C71H116O5. The predicted octanol–water partition coefficient (Wildman–Crippen LogP) is 21.8. The van der Waals surface area contributed by atoms with E-state index in [2.05, 4.69) is 160 Å². The molecule has 0 aromatic rings. The molecule has 430 valence electrons. The van der Waals surface area contributed by atoms with Gasteiger partial charge < -0.3 is 14.6 Å². The number of hydrogen-bond donors (Lipinski definition) is 1. The highest BCUT2D eigenvalue weighted by atomic mass is 16.6. The van der Waals surface area contributed by atoms with Gasteiger partial charge in [-0.3, -0.25) is 9.59 Å². The van der Waals surface area contributed by atoms with E-state index in [4.69, 9.17) is 9.47 Å². The van der Waals surface area contributed by atoms with Crippen LogP contribution < -0.4 is 0 Å². The molecule has 1 atom stereocenters. The summed E-state index contributed by atoms with van der Waals surface area (Å²) in [5.41, 5.74) is 0. The zero-order valence-electron chi connectivity index (χ0n) is 49.2. The quantitative estimate of drug-likeness (QED) is 0.0373. The molecule has 5 heteroatoms. The molecule has 5 nitrogen and oxygen atoms in total. The SMILES string of the molecule is CC/C=C\C/C=C\C/C=C\C/C=C\C/C=C\C/C=C\CCCCCCCCCCCCCCCCCCC(=O)OC(CO)COC(=O)CCCCCCCCCC/C=C\C/C=C\C/C=C\C/C=C\C/C=C\C/C=C\CC. The molecule has 0 amide bonds. The monoisotopic (exact) mass is 1050 g/mol. The van der Waals surface area contributed by atoms with Gasteiger partial charge in [0, 0.05) is 12.8 Å². The van der Waals surface area contributed by atoms with Crippen LogP contribution in [0.25, 0.3) is 0 Å². The third kappa shape index (κ3) is 62.3. The summed E-state index contributed by atoms with van der Waals surface area (Å²) < 4.78 is 10.7. The van der Waals surface area contributed by atoms with Crippen molar-refractivity contribution < 1.29 is 24.2 Å². The second kappa shape index (κ2) is 65.1. The lowest BCUT2D eigenvalue weighted by Crippen LogP contribution is -2.28. The zero-order chi connectivity index (χ0) is 54.8. The fraction of sp³-hybridized carbons (Fsp3) is 0.634. The van der Waals surface area contributed by atoms with E-state index >= 15 is 0 Å². The molecule has 1 unspecified atom stereocenters. The van der Waals surface area contributed by atoms with Crippen molar-refractivity contribution in [3.05, 3.63) is 146 Å². The molecule has 0 aromatic carbocycles. The second-order valence-electron chi connectivity index (χ2n) is 20.4. The van der Waals surface area contributed by atoms with Gasteiger partial charge in [-0.1, -0.05) is 288 Å². The average molecular weight is 1050 g/mol. The first kappa shape index (κ1) is 71.8. The van der Waals surface area contributed by atoms with Gasteiger partial charge in [-0.25, -0.2) is 0 Å². The summed E-state index contributed by atoms with van der Waals surface area (Å²) in [6, 6.07) is 0. The minimum absolute atomic E-state index is 0.0769. The molecule has 0 aromatic heterocycles. The summed E-state index contributed by atoms with van der Waals surface area (Å²) in [5.74, 6) is -0.602. The second-order valence-corrected chi connectivity index (χ2v) is 20.4. The molecule has 0 aliphatic rings. The Labute approximate surface area is 469 Å². The average Bonchev–Trinajstić information content (AvgIpc) is 3.42. The highest BCUT2D eigenvalue weighted by Gasteiger charge is 2.16. The van der Waals surface area contributed by atoms with Crippen LogP contribution in [0.1, 0.15) is 271 Å². The Morgan fingerprint density at radius 2 is 0.526 bits per heavy atom. The number of aliphatic hydroxyl groups is 1. The fourth-order valence-corrected chi connectivity index (χ4v) is 8.50. The van der Waals surface area contributed by atoms with Crippen LogP contribution >= 0.6 is 0 Å². The summed E-state index contributed by atoms with van der Waals surface area (Å²) in [4.78, 5) is 24.6. The van der Waals surface area contributed by atoms with E-state index in [1.807, 2.05) is 0 Å². The third-order valence-corrected chi connectivity index (χ3v) is 13.1. The summed E-state index contributed by atoms with van der Waals surface area (Å²) in [6.45, 7) is 3.91. The summed E-state index contributed by atoms with van der Waals surface area (Å²) in [7, 11) is 0. The van der Waals surface area contributed by atoms with Gasteiger partial charge in [0.25, 0.3) is 0 Å². The lowest BCUT2D eigenvalue weighted by atomic mass is 10.0. The minimum atomic E-state index is -0.786. The number of carbonyl (C=O) groups excluding carboxylic acids is 2. The Bertz CT molecular complexity index is 1610. The number of rotatable bonds is 56. The van der Waals surface area contributed by atoms with Crippen LogP contribution in [0.2, 0.25) is 0 Å². The third-order valence-electron chi connectivity index (χ3n) is 13.1. The molecule has 0 aliphatic carbocycles. The molecular weight excluding hydrogens is 933 g/mol. The van der Waals surface area contributed by atoms with Gasteiger partial charge >= 0.3 is 11.9 Å². The number of allylic oxidation sites excluding steroid dienone is 24. The topological polar surface area (TPSA) is 72.8 Å². The Hall–Kier alpha value is -4.22. The van der Waals surface area contributed by atoms with Gasteiger partial charge in [-0.2, -0.15) is 0 Å². The largest absolute Gasteiger partial charge is 0.462 e. The maximum absolute atomic E-state index is 12.3. The van der Waals surface area contributed by atoms with E-state index in [1.165, 1.54) is 122 Å². The standard InChI is InChI=1S/C71H116O5/c1-3-5-7-9-11-13-15-17-19-21-23-25-27-29-31-32-33-34-35-36-37-38-40-42-44-46-48-50-52-54-56-58-60-62-64-66-71(74)76-69(67-72)68-75-70(73)65-63-61-59-57-55-53-51-49-47-45-43-41-39-30-28-26-24-22-20-18-16-14-12-10-8-6-4-2/h5-8,11-14,17-20,23-26,29-31,33-34,39,43,45,69,72H,3-4,9-10,15-16,21-22,27-28,32,35-38,40-42,44,46-68H2,1-2H3/b7-5-,8-6-,13-11-,14-12-,19-17-,20-18-,25-23-,26-24-,31-29-,34-33-,39-30-,45-43-. The number of carbonyl (C=O) groups is 2. The summed E-state index contributed by atoms with van der Waals surface area (Å²) in [5, 5.41) is 9.68. The van der Waals surface area contributed by atoms with Crippen LogP contribution in [0.4, 0.5) is 0 Å². The van der Waals surface area contributed by atoms with Crippen LogP contribution in [0.3, 0.4) is 0 Å². The molecule has 0 aliphatic heterocycles. The Morgan fingerprint density at radius 1 is 0.303 bits per heavy atom. The first-order chi connectivity index (χ1) is 37.6. The normalized spacial score (nSPS) is 13.2. The highest BCUT2D eigenvalue weighted by molar-refractivity contribution is 5.70. The molecule has 0 saturated heterocycles. The van der Waals surface area contributed by atoms with Crippen molar-refractivity contribution in [2.75, 3.05) is 13.2 Å². The molecule has 1 N–H and O–H groups in total. The number of esters is 2. The molecule has 0 rings (SSSR count). The molecule has 0 spiro atoms. The van der Waals surface area contributed by atoms with Crippen molar-refractivity contribution in [1.82, 2.24) is 0 Å². The summed E-state index contributed by atoms with van der Waals surface area (Å²) in [6.07, 6.45) is 98.3. The van der Waals surface area contributed by atoms with Gasteiger partial charge in [0.15, 0.2) is 6.10 Å². The fourth-order valence-electron chi connectivity index (χ4n) is 8.50. The van der Waals surface area contributed by atoms with Gasteiger partial charge in [-0.05, 0) is 116 Å². The molecule has 76 heavy (non-hydrogen) atoms. The molecule has 0 saturated carbocycles. The van der Waals surface area contributed by atoms with E-state index in [9.17, 15) is 14.7 Å².